The second-order valence-electron chi connectivity index (χ2n) is 8.37. The SMILES string of the molecule is Cc1cc(C2(c3ccc(C)c(C)c3C)C(=O)c3ccccc3C2=O)cc(C)c1C. The number of Topliss-reactive ketones (excluding diaryl/α,β-unsaturated/α-hetero) is 2. The van der Waals surface area contributed by atoms with E-state index in [9.17, 15) is 9.59 Å². The van der Waals surface area contributed by atoms with Crippen LogP contribution in [0.4, 0.5) is 0 Å². The van der Waals surface area contributed by atoms with Gasteiger partial charge in [-0.15, -0.1) is 0 Å². The Kier molecular flexibility index (Phi) is 4.34. The summed E-state index contributed by atoms with van der Waals surface area (Å²) in [4.78, 5) is 27.9. The lowest BCUT2D eigenvalue weighted by Crippen LogP contribution is -2.40. The van der Waals surface area contributed by atoms with Crippen molar-refractivity contribution in [2.75, 3.05) is 0 Å². The summed E-state index contributed by atoms with van der Waals surface area (Å²) in [6.45, 7) is 12.3. The van der Waals surface area contributed by atoms with Gasteiger partial charge in [0.2, 0.25) is 0 Å². The van der Waals surface area contributed by atoms with E-state index in [1.165, 1.54) is 5.56 Å². The lowest BCUT2D eigenvalue weighted by Gasteiger charge is -2.31. The summed E-state index contributed by atoms with van der Waals surface area (Å²) >= 11 is 0. The van der Waals surface area contributed by atoms with E-state index in [0.717, 1.165) is 38.9 Å². The van der Waals surface area contributed by atoms with Crippen molar-refractivity contribution in [2.45, 2.75) is 47.0 Å². The van der Waals surface area contributed by atoms with Gasteiger partial charge < -0.3 is 0 Å². The van der Waals surface area contributed by atoms with Crippen molar-refractivity contribution in [2.24, 2.45) is 0 Å². The monoisotopic (exact) mass is 382 g/mol. The van der Waals surface area contributed by atoms with E-state index < -0.39 is 5.41 Å². The van der Waals surface area contributed by atoms with Gasteiger partial charge in [-0.25, -0.2) is 0 Å². The molecule has 0 aliphatic heterocycles. The Balaban J connectivity index is 2.15. The van der Waals surface area contributed by atoms with Crippen molar-refractivity contribution in [3.63, 3.8) is 0 Å². The minimum absolute atomic E-state index is 0.118. The number of rotatable bonds is 2. The Morgan fingerprint density at radius 2 is 1.10 bits per heavy atom. The molecule has 0 saturated heterocycles. The average Bonchev–Trinajstić information content (AvgIpc) is 2.93. The van der Waals surface area contributed by atoms with Crippen LogP contribution in [0.3, 0.4) is 0 Å². The quantitative estimate of drug-likeness (QED) is 0.517. The molecule has 0 spiro atoms. The van der Waals surface area contributed by atoms with E-state index in [1.807, 2.05) is 57.2 Å². The Hall–Kier alpha value is -3.00. The summed E-state index contributed by atoms with van der Waals surface area (Å²) in [5, 5.41) is 0. The number of hydrogen-bond donors (Lipinski definition) is 0. The van der Waals surface area contributed by atoms with Gasteiger partial charge in [0.25, 0.3) is 0 Å². The van der Waals surface area contributed by atoms with Gasteiger partial charge in [0.1, 0.15) is 5.41 Å². The van der Waals surface area contributed by atoms with Gasteiger partial charge in [-0.2, -0.15) is 0 Å². The Bertz CT molecular complexity index is 1140. The van der Waals surface area contributed by atoms with Gasteiger partial charge in [0, 0.05) is 11.1 Å². The molecule has 0 amide bonds. The van der Waals surface area contributed by atoms with Crippen molar-refractivity contribution < 1.29 is 9.59 Å². The fourth-order valence-corrected chi connectivity index (χ4v) is 4.66. The van der Waals surface area contributed by atoms with Gasteiger partial charge in [-0.3, -0.25) is 9.59 Å². The highest BCUT2D eigenvalue weighted by Crippen LogP contribution is 2.47. The van der Waals surface area contributed by atoms with Crippen molar-refractivity contribution in [1.29, 1.82) is 0 Å². The maximum atomic E-state index is 14.0. The molecule has 0 fully saturated rings. The van der Waals surface area contributed by atoms with Crippen molar-refractivity contribution in [3.05, 3.63) is 104 Å². The molecule has 4 rings (SSSR count). The first-order valence-electron chi connectivity index (χ1n) is 10.1. The molecule has 3 aromatic rings. The lowest BCUT2D eigenvalue weighted by atomic mass is 9.67. The second kappa shape index (κ2) is 6.52. The van der Waals surface area contributed by atoms with Crippen LogP contribution in [0.5, 0.6) is 0 Å². The van der Waals surface area contributed by atoms with Gasteiger partial charge in [-0.05, 0) is 86.1 Å². The van der Waals surface area contributed by atoms with Gasteiger partial charge in [-0.1, -0.05) is 48.5 Å². The van der Waals surface area contributed by atoms with E-state index in [2.05, 4.69) is 20.8 Å². The van der Waals surface area contributed by atoms with E-state index in [4.69, 9.17) is 0 Å². The smallest absolute Gasteiger partial charge is 0.186 e. The molecule has 0 radical (unpaired) electrons. The number of aryl methyl sites for hydroxylation is 3. The Morgan fingerprint density at radius 1 is 0.586 bits per heavy atom. The normalized spacial score (nSPS) is 15.0. The summed E-state index contributed by atoms with van der Waals surface area (Å²) in [6.07, 6.45) is 0. The fourth-order valence-electron chi connectivity index (χ4n) is 4.66. The third-order valence-corrected chi connectivity index (χ3v) is 6.92. The molecule has 0 saturated carbocycles. The van der Waals surface area contributed by atoms with Crippen molar-refractivity contribution in [3.8, 4) is 0 Å². The molecule has 2 nitrogen and oxygen atoms in total. The molecule has 0 unspecified atom stereocenters. The predicted octanol–water partition coefficient (Wildman–Crippen LogP) is 5.90. The molecule has 0 heterocycles. The number of carbonyl (C=O) groups is 2. The number of fused-ring (bicyclic) bond motifs is 1. The summed E-state index contributed by atoms with van der Waals surface area (Å²) in [5.74, 6) is -0.237. The second-order valence-corrected chi connectivity index (χ2v) is 8.37. The third-order valence-electron chi connectivity index (χ3n) is 6.92. The van der Waals surface area contributed by atoms with Gasteiger partial charge >= 0.3 is 0 Å². The highest BCUT2D eigenvalue weighted by atomic mass is 16.2. The molecule has 29 heavy (non-hydrogen) atoms. The van der Waals surface area contributed by atoms with E-state index in [0.29, 0.717) is 11.1 Å². The minimum Gasteiger partial charge on any atom is -0.292 e. The largest absolute Gasteiger partial charge is 0.292 e. The molecule has 0 atom stereocenters. The van der Waals surface area contributed by atoms with E-state index in [-0.39, 0.29) is 11.6 Å². The molecule has 0 N–H and O–H groups in total. The van der Waals surface area contributed by atoms with Crippen molar-refractivity contribution in [1.82, 2.24) is 0 Å². The van der Waals surface area contributed by atoms with Crippen LogP contribution in [0.15, 0.2) is 48.5 Å². The van der Waals surface area contributed by atoms with Crippen LogP contribution >= 0.6 is 0 Å². The Labute approximate surface area is 172 Å². The molecule has 146 valence electrons. The Morgan fingerprint density at radius 3 is 1.62 bits per heavy atom. The molecule has 0 aromatic heterocycles. The van der Waals surface area contributed by atoms with Gasteiger partial charge in [0.05, 0.1) is 0 Å². The van der Waals surface area contributed by atoms with Crippen LogP contribution in [0.1, 0.15) is 65.2 Å². The topological polar surface area (TPSA) is 34.1 Å². The lowest BCUT2D eigenvalue weighted by molar-refractivity contribution is 0.0828. The standard InChI is InChI=1S/C27H26O2/c1-15-11-12-24(20(6)19(15)5)27(21-13-16(2)18(4)17(3)14-21)25(28)22-9-7-8-10-23(22)26(27)29/h7-14H,1-6H3. The number of carbonyl (C=O) groups excluding carboxylic acids is 2. The third kappa shape index (κ3) is 2.48. The molecule has 2 heteroatoms. The summed E-state index contributed by atoms with van der Waals surface area (Å²) in [6, 6.07) is 15.3. The van der Waals surface area contributed by atoms with Crippen LogP contribution in [-0.4, -0.2) is 11.6 Å². The number of ketones is 2. The first-order chi connectivity index (χ1) is 13.7. The zero-order valence-corrected chi connectivity index (χ0v) is 17.9. The number of benzene rings is 3. The summed E-state index contributed by atoms with van der Waals surface area (Å²) in [7, 11) is 0. The van der Waals surface area contributed by atoms with Gasteiger partial charge in [0.15, 0.2) is 11.6 Å². The van der Waals surface area contributed by atoms with Crippen LogP contribution in [0.2, 0.25) is 0 Å². The molecule has 3 aromatic carbocycles. The van der Waals surface area contributed by atoms with Crippen LogP contribution < -0.4 is 0 Å². The zero-order chi connectivity index (χ0) is 21.1. The molecule has 0 bridgehead atoms. The van der Waals surface area contributed by atoms with Crippen LogP contribution in [0.25, 0.3) is 0 Å². The first kappa shape index (κ1) is 19.3. The highest BCUT2D eigenvalue weighted by Gasteiger charge is 2.56. The minimum atomic E-state index is -1.32. The predicted molar refractivity (Wildman–Crippen MR) is 117 cm³/mol. The van der Waals surface area contributed by atoms with E-state index >= 15 is 0 Å². The maximum absolute atomic E-state index is 14.0. The average molecular weight is 383 g/mol. The molecule has 1 aliphatic rings. The fraction of sp³-hybridized carbons (Fsp3) is 0.259. The zero-order valence-electron chi connectivity index (χ0n) is 17.9. The van der Waals surface area contributed by atoms with Crippen LogP contribution in [0, 0.1) is 41.5 Å². The van der Waals surface area contributed by atoms with Crippen molar-refractivity contribution >= 4 is 11.6 Å². The molecular weight excluding hydrogens is 356 g/mol. The summed E-state index contributed by atoms with van der Waals surface area (Å²) < 4.78 is 0. The number of hydrogen-bond acceptors (Lipinski definition) is 2. The molecule has 1 aliphatic carbocycles. The molecular formula is C27H26O2. The maximum Gasteiger partial charge on any atom is 0.186 e. The summed E-state index contributed by atoms with van der Waals surface area (Å²) in [5.41, 5.74) is 7.96. The van der Waals surface area contributed by atoms with Crippen LogP contribution in [-0.2, 0) is 5.41 Å². The highest BCUT2D eigenvalue weighted by molar-refractivity contribution is 6.35. The van der Waals surface area contributed by atoms with E-state index in [1.54, 1.807) is 12.1 Å². The first-order valence-corrected chi connectivity index (χ1v) is 10.1.